The van der Waals surface area contributed by atoms with Gasteiger partial charge in [-0.25, -0.2) is 12.7 Å². The number of amides is 1. The second-order valence-corrected chi connectivity index (χ2v) is 11.8. The van der Waals surface area contributed by atoms with Gasteiger partial charge in [0.25, 0.3) is 0 Å². The largest absolute Gasteiger partial charge is 0.326 e. The maximum Gasteiger partial charge on any atom is 0.227 e. The van der Waals surface area contributed by atoms with Crippen LogP contribution in [0.1, 0.15) is 24.0 Å². The molecule has 0 aromatic heterocycles. The van der Waals surface area contributed by atoms with Gasteiger partial charge in [-0.2, -0.15) is 0 Å². The Hall–Kier alpha value is -2.32. The Bertz CT molecular complexity index is 1190. The number of nitrogens with one attached hydrogen (secondary N) is 1. The number of hydrogen-bond acceptors (Lipinski definition) is 4. The molecule has 1 aliphatic heterocycles. The topological polar surface area (TPSA) is 66.5 Å². The van der Waals surface area contributed by atoms with Gasteiger partial charge in [-0.3, -0.25) is 4.79 Å². The van der Waals surface area contributed by atoms with E-state index in [1.807, 2.05) is 42.5 Å². The number of halogens is 1. The molecule has 3 aromatic carbocycles. The lowest BCUT2D eigenvalue weighted by Crippen LogP contribution is -2.41. The lowest BCUT2D eigenvalue weighted by molar-refractivity contribution is -0.120. The zero-order valence-corrected chi connectivity index (χ0v) is 21.1. The van der Waals surface area contributed by atoms with E-state index in [1.165, 1.54) is 14.8 Å². The quantitative estimate of drug-likeness (QED) is 0.385. The van der Waals surface area contributed by atoms with E-state index < -0.39 is 10.0 Å². The number of nitrogens with zero attached hydrogens (tertiary/aromatic N) is 1. The Morgan fingerprint density at radius 1 is 0.912 bits per heavy atom. The van der Waals surface area contributed by atoms with Crippen molar-refractivity contribution in [2.24, 2.45) is 5.92 Å². The summed E-state index contributed by atoms with van der Waals surface area (Å²) < 4.78 is 27.0. The highest BCUT2D eigenvalue weighted by Crippen LogP contribution is 2.25. The highest BCUT2D eigenvalue weighted by Gasteiger charge is 2.31. The van der Waals surface area contributed by atoms with Gasteiger partial charge in [0.2, 0.25) is 15.9 Å². The predicted molar refractivity (Wildman–Crippen MR) is 139 cm³/mol. The first-order valence-corrected chi connectivity index (χ1v) is 14.2. The smallest absolute Gasteiger partial charge is 0.227 e. The molecule has 4 rings (SSSR count). The van der Waals surface area contributed by atoms with E-state index in [4.69, 9.17) is 11.6 Å². The van der Waals surface area contributed by atoms with Gasteiger partial charge in [0.1, 0.15) is 0 Å². The number of carbonyl (C=O) groups is 1. The molecule has 0 unspecified atom stereocenters. The molecule has 0 bridgehead atoms. The molecule has 8 heteroatoms. The summed E-state index contributed by atoms with van der Waals surface area (Å²) in [6.45, 7) is 0.702. The molecule has 0 aliphatic carbocycles. The van der Waals surface area contributed by atoms with Crippen molar-refractivity contribution in [2.75, 3.05) is 18.4 Å². The van der Waals surface area contributed by atoms with Gasteiger partial charge in [-0.05, 0) is 60.4 Å². The predicted octanol–water partition coefficient (Wildman–Crippen LogP) is 5.81. The second kappa shape index (κ2) is 11.4. The van der Waals surface area contributed by atoms with Crippen LogP contribution in [0, 0.1) is 5.92 Å². The van der Waals surface area contributed by atoms with Crippen LogP contribution >= 0.6 is 23.4 Å². The summed E-state index contributed by atoms with van der Waals surface area (Å²) in [5.74, 6) is 0.549. The molecule has 0 saturated carbocycles. The monoisotopic (exact) mass is 514 g/mol. The van der Waals surface area contributed by atoms with E-state index in [9.17, 15) is 13.2 Å². The number of hydrogen-bond donors (Lipinski definition) is 1. The Morgan fingerprint density at radius 2 is 1.53 bits per heavy atom. The number of benzene rings is 3. The number of piperidine rings is 1. The van der Waals surface area contributed by atoms with Crippen molar-refractivity contribution in [3.05, 3.63) is 95.0 Å². The molecule has 1 heterocycles. The van der Waals surface area contributed by atoms with Crippen LogP contribution in [-0.4, -0.2) is 31.7 Å². The lowest BCUT2D eigenvalue weighted by Gasteiger charge is -2.30. The molecule has 0 spiro atoms. The van der Waals surface area contributed by atoms with E-state index in [1.54, 1.807) is 36.0 Å². The van der Waals surface area contributed by atoms with E-state index in [2.05, 4.69) is 17.4 Å². The van der Waals surface area contributed by atoms with E-state index >= 15 is 0 Å². The first-order valence-electron chi connectivity index (χ1n) is 11.2. The molecule has 1 saturated heterocycles. The van der Waals surface area contributed by atoms with Crippen LogP contribution in [0.3, 0.4) is 0 Å². The maximum atomic E-state index is 12.8. The molecule has 1 N–H and O–H groups in total. The number of sulfonamides is 1. The van der Waals surface area contributed by atoms with Crippen LogP contribution < -0.4 is 5.32 Å². The van der Waals surface area contributed by atoms with E-state index in [0.29, 0.717) is 36.5 Å². The molecule has 1 aliphatic rings. The Labute approximate surface area is 210 Å². The fraction of sp³-hybridized carbons (Fsp3) is 0.269. The number of thioether (sulfide) groups is 1. The Balaban J connectivity index is 1.25. The van der Waals surface area contributed by atoms with Crippen molar-refractivity contribution in [3.63, 3.8) is 0 Å². The molecule has 3 aromatic rings. The minimum absolute atomic E-state index is 0.0545. The summed E-state index contributed by atoms with van der Waals surface area (Å²) in [5, 5.41) is 3.56. The van der Waals surface area contributed by atoms with Gasteiger partial charge in [-0.15, -0.1) is 11.8 Å². The fourth-order valence-corrected chi connectivity index (χ4v) is 6.46. The first-order chi connectivity index (χ1) is 16.4. The van der Waals surface area contributed by atoms with Crippen LogP contribution in [0.15, 0.2) is 83.8 Å². The van der Waals surface area contributed by atoms with Crippen molar-refractivity contribution in [1.82, 2.24) is 4.31 Å². The van der Waals surface area contributed by atoms with E-state index in [-0.39, 0.29) is 17.6 Å². The molecule has 5 nitrogen and oxygen atoms in total. The van der Waals surface area contributed by atoms with Gasteiger partial charge >= 0.3 is 0 Å². The highest BCUT2D eigenvalue weighted by molar-refractivity contribution is 7.98. The van der Waals surface area contributed by atoms with Crippen LogP contribution in [0.5, 0.6) is 0 Å². The van der Waals surface area contributed by atoms with Gasteiger partial charge in [0.15, 0.2) is 0 Å². The molecule has 1 amide bonds. The van der Waals surface area contributed by atoms with Crippen LogP contribution in [0.4, 0.5) is 5.69 Å². The summed E-state index contributed by atoms with van der Waals surface area (Å²) in [6.07, 6.45) is 1.02. The minimum Gasteiger partial charge on any atom is -0.326 e. The van der Waals surface area contributed by atoms with Crippen molar-refractivity contribution < 1.29 is 13.2 Å². The van der Waals surface area contributed by atoms with Gasteiger partial charge in [-0.1, -0.05) is 54.1 Å². The standard InChI is InChI=1S/C26H27ClN2O3S2/c27-23-10-6-21(7-11-23)19-34(31,32)29-16-14-22(15-17-29)26(30)28-24-12-8-20(9-13-24)18-33-25-4-2-1-3-5-25/h1-13,22H,14-19H2,(H,28,30). The average molecular weight is 515 g/mol. The van der Waals surface area contributed by atoms with Crippen molar-refractivity contribution in [3.8, 4) is 0 Å². The van der Waals surface area contributed by atoms with Crippen LogP contribution in [0.2, 0.25) is 5.02 Å². The normalized spacial score (nSPS) is 15.2. The highest BCUT2D eigenvalue weighted by atomic mass is 35.5. The molecule has 178 valence electrons. The third-order valence-corrected chi connectivity index (χ3v) is 9.04. The zero-order chi connectivity index (χ0) is 24.0. The Kier molecular flexibility index (Phi) is 8.32. The molecular weight excluding hydrogens is 488 g/mol. The summed E-state index contributed by atoms with van der Waals surface area (Å²) in [6, 6.07) is 25.0. The number of anilines is 1. The van der Waals surface area contributed by atoms with Crippen molar-refractivity contribution >= 4 is 45.0 Å². The molecule has 0 radical (unpaired) electrons. The van der Waals surface area contributed by atoms with Crippen molar-refractivity contribution in [1.29, 1.82) is 0 Å². The molecular formula is C26H27ClN2O3S2. The van der Waals surface area contributed by atoms with Crippen molar-refractivity contribution in [2.45, 2.75) is 29.2 Å². The van der Waals surface area contributed by atoms with Gasteiger partial charge in [0, 0.05) is 40.4 Å². The lowest BCUT2D eigenvalue weighted by atomic mass is 9.97. The Morgan fingerprint density at radius 3 is 2.18 bits per heavy atom. The van der Waals surface area contributed by atoms with Crippen LogP contribution in [0.25, 0.3) is 0 Å². The molecule has 1 fully saturated rings. The second-order valence-electron chi connectivity index (χ2n) is 8.34. The summed E-state index contributed by atoms with van der Waals surface area (Å²) in [4.78, 5) is 14.0. The fourth-order valence-electron chi connectivity index (χ4n) is 3.89. The first kappa shape index (κ1) is 24.8. The number of carbonyl (C=O) groups excluding carboxylic acids is 1. The minimum atomic E-state index is -3.43. The third kappa shape index (κ3) is 6.85. The third-order valence-electron chi connectivity index (χ3n) is 5.85. The number of rotatable bonds is 8. The maximum absolute atomic E-state index is 12.8. The van der Waals surface area contributed by atoms with Gasteiger partial charge in [0.05, 0.1) is 5.75 Å². The summed E-state index contributed by atoms with van der Waals surface area (Å²) >= 11 is 7.65. The molecule has 34 heavy (non-hydrogen) atoms. The summed E-state index contributed by atoms with van der Waals surface area (Å²) in [5.41, 5.74) is 2.65. The molecule has 0 atom stereocenters. The average Bonchev–Trinajstić information content (AvgIpc) is 2.85. The SMILES string of the molecule is O=C(Nc1ccc(CSc2ccccc2)cc1)C1CCN(S(=O)(=O)Cc2ccc(Cl)cc2)CC1. The van der Waals surface area contributed by atoms with E-state index in [0.717, 1.165) is 11.4 Å². The zero-order valence-electron chi connectivity index (χ0n) is 18.7. The van der Waals surface area contributed by atoms with Gasteiger partial charge < -0.3 is 5.32 Å². The van der Waals surface area contributed by atoms with Crippen LogP contribution in [-0.2, 0) is 26.3 Å². The summed E-state index contributed by atoms with van der Waals surface area (Å²) in [7, 11) is -3.43.